The Bertz CT molecular complexity index is 410. The fourth-order valence-electron chi connectivity index (χ4n) is 6.63. The van der Waals surface area contributed by atoms with E-state index in [0.717, 1.165) is 35.6 Å². The van der Waals surface area contributed by atoms with E-state index in [4.69, 9.17) is 0 Å². The topological polar surface area (TPSA) is 3.24 Å². The molecule has 1 saturated carbocycles. The molecular formula is C23H45N. The minimum absolute atomic E-state index is 0.360. The number of nitrogens with zero attached hydrogens (tertiary/aromatic N) is 1. The highest BCUT2D eigenvalue weighted by atomic mass is 15.3. The van der Waals surface area contributed by atoms with Crippen molar-refractivity contribution in [1.82, 2.24) is 4.90 Å². The van der Waals surface area contributed by atoms with E-state index in [0.29, 0.717) is 11.0 Å². The largest absolute Gasteiger partial charge is 0.294 e. The predicted molar refractivity (Wildman–Crippen MR) is 107 cm³/mol. The quantitative estimate of drug-likeness (QED) is 0.482. The molecule has 2 aliphatic rings. The molecule has 1 nitrogen and oxygen atoms in total. The molecule has 2 fully saturated rings. The molecule has 0 aromatic carbocycles. The molecule has 1 heterocycles. The highest BCUT2D eigenvalue weighted by Crippen LogP contribution is 2.55. The van der Waals surface area contributed by atoms with Crippen molar-refractivity contribution in [3.63, 3.8) is 0 Å². The Morgan fingerprint density at radius 1 is 1.12 bits per heavy atom. The third kappa shape index (κ3) is 3.57. The fourth-order valence-corrected chi connectivity index (χ4v) is 6.63. The van der Waals surface area contributed by atoms with Gasteiger partial charge in [-0.1, -0.05) is 61.3 Å². The molecule has 2 rings (SSSR count). The SMILES string of the molecule is CCC(C)CC(C)(C)C1C(CC)N(CC(C)C2CCC2C)C1(C)C. The first-order valence-electron chi connectivity index (χ1n) is 10.8. The van der Waals surface area contributed by atoms with Crippen molar-refractivity contribution in [1.29, 1.82) is 0 Å². The molecule has 1 heteroatoms. The Hall–Kier alpha value is -0.0400. The van der Waals surface area contributed by atoms with Crippen LogP contribution in [0.1, 0.15) is 94.4 Å². The van der Waals surface area contributed by atoms with Gasteiger partial charge in [0.25, 0.3) is 0 Å². The molecule has 0 aromatic heterocycles. The molecule has 142 valence electrons. The maximum atomic E-state index is 2.88. The van der Waals surface area contributed by atoms with Gasteiger partial charge >= 0.3 is 0 Å². The maximum absolute atomic E-state index is 2.88. The molecule has 6 unspecified atom stereocenters. The monoisotopic (exact) mass is 335 g/mol. The van der Waals surface area contributed by atoms with Gasteiger partial charge in [-0.2, -0.15) is 0 Å². The van der Waals surface area contributed by atoms with E-state index in [2.05, 4.69) is 67.2 Å². The molecule has 0 aromatic rings. The molecule has 1 saturated heterocycles. The van der Waals surface area contributed by atoms with Gasteiger partial charge in [0.2, 0.25) is 0 Å². The van der Waals surface area contributed by atoms with Crippen molar-refractivity contribution in [2.24, 2.45) is 35.0 Å². The molecule has 24 heavy (non-hydrogen) atoms. The lowest BCUT2D eigenvalue weighted by Crippen LogP contribution is -2.74. The van der Waals surface area contributed by atoms with Gasteiger partial charge in [-0.15, -0.1) is 0 Å². The first kappa shape index (κ1) is 20.3. The lowest BCUT2D eigenvalue weighted by atomic mass is 9.55. The van der Waals surface area contributed by atoms with Crippen molar-refractivity contribution in [2.75, 3.05) is 6.54 Å². The molecule has 6 atom stereocenters. The highest BCUT2D eigenvalue weighted by Gasteiger charge is 2.59. The van der Waals surface area contributed by atoms with E-state index >= 15 is 0 Å². The van der Waals surface area contributed by atoms with E-state index in [-0.39, 0.29) is 0 Å². The summed E-state index contributed by atoms with van der Waals surface area (Å²) in [5.41, 5.74) is 0.808. The van der Waals surface area contributed by atoms with Crippen LogP contribution in [0.15, 0.2) is 0 Å². The van der Waals surface area contributed by atoms with Crippen LogP contribution in [0.5, 0.6) is 0 Å². The molecule has 0 bridgehead atoms. The van der Waals surface area contributed by atoms with Crippen molar-refractivity contribution in [2.45, 2.75) is 106 Å². The van der Waals surface area contributed by atoms with Crippen LogP contribution in [0.25, 0.3) is 0 Å². The summed E-state index contributed by atoms with van der Waals surface area (Å²) in [5, 5.41) is 0. The zero-order valence-electron chi connectivity index (χ0n) is 18.2. The number of hydrogen-bond donors (Lipinski definition) is 0. The molecule has 1 aliphatic carbocycles. The summed E-state index contributed by atoms with van der Waals surface area (Å²) >= 11 is 0. The van der Waals surface area contributed by atoms with Crippen LogP contribution < -0.4 is 0 Å². The first-order chi connectivity index (χ1) is 11.1. The van der Waals surface area contributed by atoms with Crippen molar-refractivity contribution >= 4 is 0 Å². The van der Waals surface area contributed by atoms with Crippen molar-refractivity contribution in [3.8, 4) is 0 Å². The first-order valence-corrected chi connectivity index (χ1v) is 10.8. The van der Waals surface area contributed by atoms with E-state index in [1.54, 1.807) is 0 Å². The summed E-state index contributed by atoms with van der Waals surface area (Å²) < 4.78 is 0. The molecule has 0 N–H and O–H groups in total. The Balaban J connectivity index is 2.07. The van der Waals surface area contributed by atoms with Gasteiger partial charge in [0.1, 0.15) is 0 Å². The number of hydrogen-bond acceptors (Lipinski definition) is 1. The van der Waals surface area contributed by atoms with E-state index < -0.39 is 0 Å². The van der Waals surface area contributed by atoms with Gasteiger partial charge < -0.3 is 0 Å². The van der Waals surface area contributed by atoms with Gasteiger partial charge in [0, 0.05) is 18.1 Å². The van der Waals surface area contributed by atoms with Crippen LogP contribution in [0, 0.1) is 35.0 Å². The lowest BCUT2D eigenvalue weighted by Gasteiger charge is -2.67. The van der Waals surface area contributed by atoms with Gasteiger partial charge in [0.15, 0.2) is 0 Å². The van der Waals surface area contributed by atoms with E-state index in [1.165, 1.54) is 38.6 Å². The molecule has 1 aliphatic heterocycles. The Kier molecular flexibility index (Phi) is 6.16. The molecular weight excluding hydrogens is 290 g/mol. The average Bonchev–Trinajstić information content (AvgIpc) is 2.47. The van der Waals surface area contributed by atoms with Crippen molar-refractivity contribution < 1.29 is 0 Å². The van der Waals surface area contributed by atoms with Crippen LogP contribution in [0.4, 0.5) is 0 Å². The van der Waals surface area contributed by atoms with E-state index in [1.807, 2.05) is 0 Å². The molecule has 0 spiro atoms. The summed E-state index contributed by atoms with van der Waals surface area (Å²) in [6, 6.07) is 0.789. The molecule has 0 radical (unpaired) electrons. The van der Waals surface area contributed by atoms with Gasteiger partial charge in [-0.3, -0.25) is 4.90 Å². The minimum atomic E-state index is 0.360. The van der Waals surface area contributed by atoms with Crippen LogP contribution in [0.2, 0.25) is 0 Å². The summed E-state index contributed by atoms with van der Waals surface area (Å²) in [5.74, 6) is 4.47. The summed E-state index contributed by atoms with van der Waals surface area (Å²) in [6.45, 7) is 23.6. The highest BCUT2D eigenvalue weighted by molar-refractivity contribution is 5.12. The normalized spacial score (nSPS) is 35.9. The summed E-state index contributed by atoms with van der Waals surface area (Å²) in [6.07, 6.45) is 6.92. The van der Waals surface area contributed by atoms with E-state index in [9.17, 15) is 0 Å². The third-order valence-electron chi connectivity index (χ3n) is 8.02. The Morgan fingerprint density at radius 3 is 2.17 bits per heavy atom. The van der Waals surface area contributed by atoms with Gasteiger partial charge in [-0.25, -0.2) is 0 Å². The van der Waals surface area contributed by atoms with Gasteiger partial charge in [-0.05, 0) is 68.1 Å². The Morgan fingerprint density at radius 2 is 1.75 bits per heavy atom. The lowest BCUT2D eigenvalue weighted by molar-refractivity contribution is -0.180. The minimum Gasteiger partial charge on any atom is -0.294 e. The predicted octanol–water partition coefficient (Wildman–Crippen LogP) is 6.62. The summed E-state index contributed by atoms with van der Waals surface area (Å²) in [7, 11) is 0. The number of likely N-dealkylation sites (tertiary alicyclic amines) is 1. The van der Waals surface area contributed by atoms with Crippen molar-refractivity contribution in [3.05, 3.63) is 0 Å². The Labute approximate surface area is 153 Å². The standard InChI is InChI=1S/C23H45N/c1-10-16(3)14-22(6,7)21-20(11-2)24(23(21,8)9)15-18(5)19-13-12-17(19)4/h16-21H,10-15H2,1-9H3. The second-order valence-corrected chi connectivity index (χ2v) is 10.7. The second kappa shape index (κ2) is 7.29. The zero-order valence-corrected chi connectivity index (χ0v) is 18.2. The zero-order chi connectivity index (χ0) is 18.3. The average molecular weight is 336 g/mol. The second-order valence-electron chi connectivity index (χ2n) is 10.7. The van der Waals surface area contributed by atoms with Gasteiger partial charge in [0.05, 0.1) is 0 Å². The van der Waals surface area contributed by atoms with Crippen LogP contribution >= 0.6 is 0 Å². The van der Waals surface area contributed by atoms with Crippen LogP contribution in [-0.2, 0) is 0 Å². The van der Waals surface area contributed by atoms with Crippen LogP contribution in [0.3, 0.4) is 0 Å². The summed E-state index contributed by atoms with van der Waals surface area (Å²) in [4.78, 5) is 2.88. The number of rotatable bonds is 8. The third-order valence-corrected chi connectivity index (χ3v) is 8.02. The smallest absolute Gasteiger partial charge is 0.0204 e. The molecule has 0 amide bonds. The maximum Gasteiger partial charge on any atom is 0.0204 e. The van der Waals surface area contributed by atoms with Crippen LogP contribution in [-0.4, -0.2) is 23.0 Å². The fraction of sp³-hybridized carbons (Fsp3) is 1.00.